The summed E-state index contributed by atoms with van der Waals surface area (Å²) in [6.07, 6.45) is 5.25. The van der Waals surface area contributed by atoms with Gasteiger partial charge in [0.2, 0.25) is 0 Å². The molecule has 3 rings (SSSR count). The van der Waals surface area contributed by atoms with Crippen LogP contribution in [0, 0.1) is 5.41 Å². The van der Waals surface area contributed by atoms with Gasteiger partial charge in [0.15, 0.2) is 5.17 Å². The number of rotatable bonds is 2. The highest BCUT2D eigenvalue weighted by molar-refractivity contribution is 8.14. The first-order chi connectivity index (χ1) is 9.62. The lowest BCUT2D eigenvalue weighted by atomic mass is 9.75. The lowest BCUT2D eigenvalue weighted by molar-refractivity contribution is 0.211. The number of hydrogen-bond acceptors (Lipinski definition) is 3. The van der Waals surface area contributed by atoms with Crippen LogP contribution in [0.4, 0.5) is 0 Å². The van der Waals surface area contributed by atoms with E-state index in [-0.39, 0.29) is 0 Å². The first-order valence-corrected chi connectivity index (χ1v) is 8.63. The summed E-state index contributed by atoms with van der Waals surface area (Å²) in [4.78, 5) is 4.87. The second kappa shape index (κ2) is 5.80. The molecular formula is C17H24N2S. The zero-order valence-corrected chi connectivity index (χ0v) is 13.2. The number of nitrogens with zero attached hydrogens (tertiary/aromatic N) is 1. The number of benzene rings is 1. The molecule has 0 aromatic heterocycles. The van der Waals surface area contributed by atoms with Gasteiger partial charge < -0.3 is 5.32 Å². The van der Waals surface area contributed by atoms with E-state index in [4.69, 9.17) is 4.99 Å². The quantitative estimate of drug-likeness (QED) is 0.873. The molecular weight excluding hydrogens is 264 g/mol. The Bertz CT molecular complexity index is 481. The summed E-state index contributed by atoms with van der Waals surface area (Å²) in [5, 5.41) is 4.84. The van der Waals surface area contributed by atoms with Crippen molar-refractivity contribution in [2.45, 2.75) is 51.6 Å². The van der Waals surface area contributed by atoms with Crippen molar-refractivity contribution in [3.05, 3.63) is 35.9 Å². The zero-order valence-electron chi connectivity index (χ0n) is 12.4. The molecule has 0 radical (unpaired) electrons. The molecule has 0 bridgehead atoms. The summed E-state index contributed by atoms with van der Waals surface area (Å²) in [6.45, 7) is 4.77. The summed E-state index contributed by atoms with van der Waals surface area (Å²) in [5.74, 6) is 1.07. The topological polar surface area (TPSA) is 24.4 Å². The highest BCUT2D eigenvalue weighted by Gasteiger charge is 2.29. The normalized spacial score (nSPS) is 29.0. The minimum absolute atomic E-state index is 0.334. The molecule has 1 aromatic rings. The molecule has 2 nitrogen and oxygen atoms in total. The largest absolute Gasteiger partial charge is 0.362 e. The highest BCUT2D eigenvalue weighted by Crippen LogP contribution is 2.36. The van der Waals surface area contributed by atoms with Gasteiger partial charge in [-0.25, -0.2) is 0 Å². The van der Waals surface area contributed by atoms with Gasteiger partial charge in [-0.15, -0.1) is 0 Å². The number of nitrogens with one attached hydrogen (secondary N) is 1. The Labute approximate surface area is 126 Å². The number of amidine groups is 1. The van der Waals surface area contributed by atoms with Crippen LogP contribution in [0.2, 0.25) is 0 Å². The summed E-state index contributed by atoms with van der Waals surface area (Å²) >= 11 is 1.88. The minimum Gasteiger partial charge on any atom is -0.362 e. The lowest BCUT2D eigenvalue weighted by Crippen LogP contribution is -2.39. The molecule has 108 valence electrons. The van der Waals surface area contributed by atoms with E-state index in [1.165, 1.54) is 31.2 Å². The highest BCUT2D eigenvalue weighted by atomic mass is 32.2. The molecule has 20 heavy (non-hydrogen) atoms. The Hall–Kier alpha value is -0.960. The van der Waals surface area contributed by atoms with Crippen molar-refractivity contribution in [2.75, 3.05) is 5.75 Å². The lowest BCUT2D eigenvalue weighted by Gasteiger charge is -2.35. The van der Waals surface area contributed by atoms with Gasteiger partial charge in [-0.3, -0.25) is 4.99 Å². The van der Waals surface area contributed by atoms with Crippen LogP contribution in [-0.2, 0) is 0 Å². The van der Waals surface area contributed by atoms with Crippen molar-refractivity contribution >= 4 is 16.9 Å². The molecule has 1 saturated carbocycles. The van der Waals surface area contributed by atoms with Crippen LogP contribution in [-0.4, -0.2) is 17.0 Å². The van der Waals surface area contributed by atoms with Crippen LogP contribution < -0.4 is 5.32 Å². The van der Waals surface area contributed by atoms with Crippen molar-refractivity contribution in [1.29, 1.82) is 0 Å². The van der Waals surface area contributed by atoms with E-state index in [1.807, 2.05) is 11.8 Å². The molecule has 2 aliphatic rings. The fourth-order valence-electron chi connectivity index (χ4n) is 3.29. The predicted molar refractivity (Wildman–Crippen MR) is 88.2 cm³/mol. The number of aliphatic imine (C=N–C) groups is 1. The standard InChI is InChI=1S/C17H24N2S/c1-17(2)10-6-9-14(11-17)18-16-19-15(12-20-16)13-7-4-3-5-8-13/h3-5,7-8,14-15H,6,9-12H2,1-2H3,(H,18,19). The maximum absolute atomic E-state index is 4.87. The fourth-order valence-corrected chi connectivity index (χ4v) is 4.33. The maximum Gasteiger partial charge on any atom is 0.157 e. The van der Waals surface area contributed by atoms with Gasteiger partial charge in [-0.2, -0.15) is 0 Å². The molecule has 1 N–H and O–H groups in total. The van der Waals surface area contributed by atoms with Gasteiger partial charge in [-0.05, 0) is 30.2 Å². The van der Waals surface area contributed by atoms with E-state index in [2.05, 4.69) is 49.5 Å². The Balaban J connectivity index is 1.61. The second-order valence-corrected chi connectivity index (χ2v) is 7.78. The third kappa shape index (κ3) is 3.38. The van der Waals surface area contributed by atoms with Crippen molar-refractivity contribution in [2.24, 2.45) is 10.4 Å². The van der Waals surface area contributed by atoms with Crippen molar-refractivity contribution in [1.82, 2.24) is 5.32 Å². The summed E-state index contributed by atoms with van der Waals surface area (Å²) in [7, 11) is 0. The van der Waals surface area contributed by atoms with Gasteiger partial charge in [0.1, 0.15) is 0 Å². The van der Waals surface area contributed by atoms with E-state index in [0.717, 1.165) is 10.9 Å². The van der Waals surface area contributed by atoms with Crippen molar-refractivity contribution < 1.29 is 0 Å². The van der Waals surface area contributed by atoms with Crippen molar-refractivity contribution in [3.63, 3.8) is 0 Å². The SMILES string of the molecule is CC1(C)CCCC(NC2=NC(c3ccccc3)CS2)C1. The Morgan fingerprint density at radius 2 is 2.05 bits per heavy atom. The smallest absolute Gasteiger partial charge is 0.157 e. The molecule has 0 spiro atoms. The summed E-state index contributed by atoms with van der Waals surface area (Å²) < 4.78 is 0. The first-order valence-electron chi connectivity index (χ1n) is 7.64. The maximum atomic E-state index is 4.87. The van der Waals surface area contributed by atoms with Gasteiger partial charge >= 0.3 is 0 Å². The molecule has 1 heterocycles. The van der Waals surface area contributed by atoms with Crippen LogP contribution >= 0.6 is 11.8 Å². The Kier molecular flexibility index (Phi) is 4.06. The fraction of sp³-hybridized carbons (Fsp3) is 0.588. The second-order valence-electron chi connectivity index (χ2n) is 6.77. The van der Waals surface area contributed by atoms with Crippen molar-refractivity contribution in [3.8, 4) is 0 Å². The third-order valence-corrected chi connectivity index (χ3v) is 5.35. The van der Waals surface area contributed by atoms with E-state index < -0.39 is 0 Å². The first kappa shape index (κ1) is 14.0. The van der Waals surface area contributed by atoms with Crippen LogP contribution in [0.15, 0.2) is 35.3 Å². The van der Waals surface area contributed by atoms with E-state index in [1.54, 1.807) is 0 Å². The zero-order chi connectivity index (χ0) is 14.0. The summed E-state index contributed by atoms with van der Waals surface area (Å²) in [6, 6.07) is 11.6. The third-order valence-electron chi connectivity index (χ3n) is 4.37. The Morgan fingerprint density at radius 1 is 1.25 bits per heavy atom. The van der Waals surface area contributed by atoms with Crippen LogP contribution in [0.5, 0.6) is 0 Å². The average Bonchev–Trinajstić information content (AvgIpc) is 2.87. The average molecular weight is 288 g/mol. The van der Waals surface area contributed by atoms with Crippen LogP contribution in [0.25, 0.3) is 0 Å². The monoisotopic (exact) mass is 288 g/mol. The van der Waals surface area contributed by atoms with E-state index in [9.17, 15) is 0 Å². The van der Waals surface area contributed by atoms with Gasteiger partial charge in [0.05, 0.1) is 6.04 Å². The molecule has 1 aromatic carbocycles. The van der Waals surface area contributed by atoms with Gasteiger partial charge in [-0.1, -0.05) is 62.4 Å². The molecule has 2 unspecified atom stereocenters. The van der Waals surface area contributed by atoms with Gasteiger partial charge in [0.25, 0.3) is 0 Å². The van der Waals surface area contributed by atoms with Crippen LogP contribution in [0.1, 0.15) is 51.1 Å². The molecule has 3 heteroatoms. The van der Waals surface area contributed by atoms with E-state index >= 15 is 0 Å². The minimum atomic E-state index is 0.334. The van der Waals surface area contributed by atoms with E-state index in [0.29, 0.717) is 17.5 Å². The number of thioether (sulfide) groups is 1. The Morgan fingerprint density at radius 3 is 2.80 bits per heavy atom. The molecule has 1 aliphatic carbocycles. The predicted octanol–water partition coefficient (Wildman–Crippen LogP) is 4.39. The summed E-state index contributed by atoms with van der Waals surface area (Å²) in [5.41, 5.74) is 1.82. The molecule has 1 aliphatic heterocycles. The van der Waals surface area contributed by atoms with Gasteiger partial charge in [0, 0.05) is 11.8 Å². The molecule has 0 saturated heterocycles. The molecule has 0 amide bonds. The van der Waals surface area contributed by atoms with Crippen LogP contribution in [0.3, 0.4) is 0 Å². The molecule has 2 atom stereocenters. The number of hydrogen-bond donors (Lipinski definition) is 1. The molecule has 1 fully saturated rings.